The zero-order valence-electron chi connectivity index (χ0n) is 18.3. The number of para-hydroxylation sites is 1. The van der Waals surface area contributed by atoms with Crippen LogP contribution >= 0.6 is 0 Å². The van der Waals surface area contributed by atoms with Gasteiger partial charge in [-0.25, -0.2) is 4.68 Å². The zero-order valence-corrected chi connectivity index (χ0v) is 18.3. The summed E-state index contributed by atoms with van der Waals surface area (Å²) in [7, 11) is 0. The SMILES string of the molecule is Cc1cc(C)n(Cn2ccc(C(=O)Nc3cc(Oc4ccccc4C)cc([N+](=O)[O-])c3)n2)n1. The summed E-state index contributed by atoms with van der Waals surface area (Å²) >= 11 is 0. The van der Waals surface area contributed by atoms with Crippen LogP contribution in [0.15, 0.2) is 60.8 Å². The number of nitro groups is 1. The molecule has 2 aromatic carbocycles. The number of rotatable bonds is 7. The molecule has 0 bridgehead atoms. The third-order valence-electron chi connectivity index (χ3n) is 4.94. The molecule has 0 aliphatic rings. The highest BCUT2D eigenvalue weighted by Crippen LogP contribution is 2.31. The molecule has 0 radical (unpaired) electrons. The Kier molecular flexibility index (Phi) is 5.90. The molecule has 0 unspecified atom stereocenters. The van der Waals surface area contributed by atoms with E-state index < -0.39 is 10.8 Å². The van der Waals surface area contributed by atoms with Gasteiger partial charge in [0.05, 0.1) is 22.4 Å². The van der Waals surface area contributed by atoms with Crippen molar-refractivity contribution in [1.82, 2.24) is 19.6 Å². The zero-order chi connectivity index (χ0) is 23.5. The summed E-state index contributed by atoms with van der Waals surface area (Å²) in [5.74, 6) is 0.312. The van der Waals surface area contributed by atoms with Gasteiger partial charge in [-0.1, -0.05) is 18.2 Å². The van der Waals surface area contributed by atoms with Crippen LogP contribution in [0.4, 0.5) is 11.4 Å². The van der Waals surface area contributed by atoms with E-state index in [1.807, 2.05) is 45.0 Å². The number of hydrogen-bond acceptors (Lipinski definition) is 6. The molecule has 0 aliphatic carbocycles. The minimum absolute atomic E-state index is 0.171. The number of benzene rings is 2. The number of nitrogens with one attached hydrogen (secondary N) is 1. The smallest absolute Gasteiger partial charge is 0.276 e. The second-order valence-electron chi connectivity index (χ2n) is 7.60. The Balaban J connectivity index is 1.53. The van der Waals surface area contributed by atoms with E-state index in [-0.39, 0.29) is 22.8 Å². The van der Waals surface area contributed by atoms with Crippen LogP contribution in [0.3, 0.4) is 0 Å². The monoisotopic (exact) mass is 446 g/mol. The fourth-order valence-corrected chi connectivity index (χ4v) is 3.33. The van der Waals surface area contributed by atoms with Crippen LogP contribution in [-0.2, 0) is 6.67 Å². The van der Waals surface area contributed by atoms with Gasteiger partial charge in [-0.15, -0.1) is 0 Å². The molecule has 0 saturated carbocycles. The third-order valence-corrected chi connectivity index (χ3v) is 4.94. The van der Waals surface area contributed by atoms with Crippen molar-refractivity contribution in [1.29, 1.82) is 0 Å². The lowest BCUT2D eigenvalue weighted by atomic mass is 10.2. The molecule has 1 amide bonds. The third kappa shape index (κ3) is 5.06. The summed E-state index contributed by atoms with van der Waals surface area (Å²) in [6.07, 6.45) is 1.67. The first kappa shape index (κ1) is 21.8. The number of ether oxygens (including phenoxy) is 1. The van der Waals surface area contributed by atoms with Gasteiger partial charge in [-0.05, 0) is 44.5 Å². The van der Waals surface area contributed by atoms with Crippen LogP contribution in [0.2, 0.25) is 0 Å². The molecule has 2 heterocycles. The van der Waals surface area contributed by atoms with Crippen LogP contribution in [0, 0.1) is 30.9 Å². The van der Waals surface area contributed by atoms with Gasteiger partial charge in [-0.2, -0.15) is 10.2 Å². The number of carbonyl (C=O) groups is 1. The summed E-state index contributed by atoms with van der Waals surface area (Å²) in [4.78, 5) is 23.6. The molecule has 0 spiro atoms. The largest absolute Gasteiger partial charge is 0.457 e. The molecule has 168 valence electrons. The molecule has 1 N–H and O–H groups in total. The molecule has 0 aliphatic heterocycles. The maximum absolute atomic E-state index is 12.7. The van der Waals surface area contributed by atoms with Crippen LogP contribution < -0.4 is 10.1 Å². The molecule has 33 heavy (non-hydrogen) atoms. The number of non-ortho nitro benzene ring substituents is 1. The Morgan fingerprint density at radius 1 is 1.09 bits per heavy atom. The lowest BCUT2D eigenvalue weighted by Gasteiger charge is -2.10. The predicted molar refractivity (Wildman–Crippen MR) is 122 cm³/mol. The summed E-state index contributed by atoms with van der Waals surface area (Å²) in [6.45, 7) is 6.08. The van der Waals surface area contributed by atoms with Crippen molar-refractivity contribution in [3.8, 4) is 11.5 Å². The van der Waals surface area contributed by atoms with E-state index in [2.05, 4.69) is 15.5 Å². The molecule has 0 fully saturated rings. The van der Waals surface area contributed by atoms with Gasteiger partial charge < -0.3 is 10.1 Å². The molecule has 0 saturated heterocycles. The molecule has 2 aromatic heterocycles. The molecular weight excluding hydrogens is 424 g/mol. The van der Waals surface area contributed by atoms with Crippen molar-refractivity contribution in [2.75, 3.05) is 5.32 Å². The Morgan fingerprint density at radius 3 is 2.58 bits per heavy atom. The molecule has 4 aromatic rings. The second kappa shape index (κ2) is 8.95. The molecular formula is C23H22N6O4. The number of hydrogen-bond donors (Lipinski definition) is 1. The van der Waals surface area contributed by atoms with Crippen molar-refractivity contribution in [3.63, 3.8) is 0 Å². The first-order valence-corrected chi connectivity index (χ1v) is 10.2. The molecule has 4 rings (SSSR count). The fourth-order valence-electron chi connectivity index (χ4n) is 3.33. The number of aryl methyl sites for hydroxylation is 3. The number of nitrogens with zero attached hydrogens (tertiary/aromatic N) is 5. The van der Waals surface area contributed by atoms with Gasteiger partial charge in [0.1, 0.15) is 18.2 Å². The van der Waals surface area contributed by atoms with Crippen molar-refractivity contribution in [2.24, 2.45) is 0 Å². The number of anilines is 1. The van der Waals surface area contributed by atoms with Crippen molar-refractivity contribution in [3.05, 3.63) is 93.6 Å². The van der Waals surface area contributed by atoms with Crippen LogP contribution in [0.1, 0.15) is 27.4 Å². The lowest BCUT2D eigenvalue weighted by Crippen LogP contribution is -2.15. The van der Waals surface area contributed by atoms with Gasteiger partial charge in [0.2, 0.25) is 0 Å². The van der Waals surface area contributed by atoms with Gasteiger partial charge in [0.15, 0.2) is 5.69 Å². The quantitative estimate of drug-likeness (QED) is 0.331. The van der Waals surface area contributed by atoms with Crippen LogP contribution in [-0.4, -0.2) is 30.4 Å². The minimum Gasteiger partial charge on any atom is -0.457 e. The second-order valence-corrected chi connectivity index (χ2v) is 7.60. The number of nitro benzene ring substituents is 1. The average molecular weight is 446 g/mol. The van der Waals surface area contributed by atoms with E-state index in [0.29, 0.717) is 12.4 Å². The normalized spacial score (nSPS) is 10.8. The van der Waals surface area contributed by atoms with E-state index in [4.69, 9.17) is 4.74 Å². The average Bonchev–Trinajstić information content (AvgIpc) is 3.35. The van der Waals surface area contributed by atoms with Crippen molar-refractivity contribution in [2.45, 2.75) is 27.4 Å². The van der Waals surface area contributed by atoms with Gasteiger partial charge in [0.25, 0.3) is 11.6 Å². The highest BCUT2D eigenvalue weighted by Gasteiger charge is 2.16. The lowest BCUT2D eigenvalue weighted by molar-refractivity contribution is -0.384. The maximum Gasteiger partial charge on any atom is 0.276 e. The van der Waals surface area contributed by atoms with Crippen LogP contribution in [0.25, 0.3) is 0 Å². The van der Waals surface area contributed by atoms with E-state index in [0.717, 1.165) is 17.0 Å². The Labute approximate surface area is 189 Å². The fraction of sp³-hybridized carbons (Fsp3) is 0.174. The Morgan fingerprint density at radius 2 is 1.88 bits per heavy atom. The topological polar surface area (TPSA) is 117 Å². The van der Waals surface area contributed by atoms with Crippen molar-refractivity contribution >= 4 is 17.3 Å². The van der Waals surface area contributed by atoms with E-state index in [1.165, 1.54) is 18.2 Å². The van der Waals surface area contributed by atoms with Gasteiger partial charge in [-0.3, -0.25) is 19.6 Å². The van der Waals surface area contributed by atoms with E-state index >= 15 is 0 Å². The summed E-state index contributed by atoms with van der Waals surface area (Å²) in [6, 6.07) is 15.0. The first-order valence-electron chi connectivity index (χ1n) is 10.2. The summed E-state index contributed by atoms with van der Waals surface area (Å²) < 4.78 is 9.20. The minimum atomic E-state index is -0.538. The Hall–Kier alpha value is -4.47. The van der Waals surface area contributed by atoms with Crippen LogP contribution in [0.5, 0.6) is 11.5 Å². The summed E-state index contributed by atoms with van der Waals surface area (Å²) in [5, 5.41) is 22.7. The molecule has 0 atom stereocenters. The van der Waals surface area contributed by atoms with E-state index in [9.17, 15) is 14.9 Å². The first-order chi connectivity index (χ1) is 15.8. The number of carbonyl (C=O) groups excluding carboxylic acids is 1. The van der Waals surface area contributed by atoms with Gasteiger partial charge >= 0.3 is 0 Å². The van der Waals surface area contributed by atoms with Gasteiger partial charge in [0, 0.05) is 24.0 Å². The maximum atomic E-state index is 12.7. The van der Waals surface area contributed by atoms with Crippen molar-refractivity contribution < 1.29 is 14.5 Å². The number of aromatic nitrogens is 4. The molecule has 10 heteroatoms. The Bertz CT molecular complexity index is 1340. The highest BCUT2D eigenvalue weighted by atomic mass is 16.6. The predicted octanol–water partition coefficient (Wildman–Crippen LogP) is 4.46. The standard InChI is InChI=1S/C23H22N6O4/c1-15-6-4-5-7-22(15)33-20-12-18(11-19(13-20)29(31)32)24-23(30)21-8-9-27(26-21)14-28-17(3)10-16(2)25-28/h4-13H,14H2,1-3H3,(H,24,30). The highest BCUT2D eigenvalue weighted by molar-refractivity contribution is 6.03. The summed E-state index contributed by atoms with van der Waals surface area (Å²) in [5.41, 5.74) is 2.95. The number of amides is 1. The molecule has 10 nitrogen and oxygen atoms in total. The van der Waals surface area contributed by atoms with E-state index in [1.54, 1.807) is 27.7 Å².